The van der Waals surface area contributed by atoms with Gasteiger partial charge in [0.2, 0.25) is 0 Å². The lowest BCUT2D eigenvalue weighted by Gasteiger charge is -2.11. The topological polar surface area (TPSA) is 51.8 Å². The van der Waals surface area contributed by atoms with Crippen LogP contribution in [0.3, 0.4) is 0 Å². The number of benzene rings is 7. The van der Waals surface area contributed by atoms with E-state index in [4.69, 9.17) is 29.0 Å². The molecule has 7 aromatic carbocycles. The molecule has 2 aromatic heterocycles. The fourth-order valence-corrected chi connectivity index (χ4v) is 6.23. The first-order valence-corrected chi connectivity index (χ1v) is 15.5. The van der Waals surface area contributed by atoms with Crippen molar-refractivity contribution in [2.45, 2.75) is 6.92 Å². The lowest BCUT2D eigenvalue weighted by atomic mass is 9.97. The molecule has 9 aromatic rings. The summed E-state index contributed by atoms with van der Waals surface area (Å²) in [6, 6.07) is 34.1. The number of fused-ring (bicyclic) bond motifs is 4. The number of furan rings is 1. The van der Waals surface area contributed by atoms with E-state index in [1.807, 2.05) is 66.7 Å². The lowest BCUT2D eigenvalue weighted by Crippen LogP contribution is -2.00. The van der Waals surface area contributed by atoms with Gasteiger partial charge in [-0.3, -0.25) is 0 Å². The summed E-state index contributed by atoms with van der Waals surface area (Å²) >= 11 is 0. The predicted octanol–water partition coefficient (Wildman–Crippen LogP) is 11.6. The van der Waals surface area contributed by atoms with E-state index >= 15 is 0 Å². The van der Waals surface area contributed by atoms with Gasteiger partial charge in [0.15, 0.2) is 17.5 Å². The Hall–Kier alpha value is -6.39. The SMILES string of the molecule is [2H]c1c([2H])c([2H])c2c(-c3ccc(-c4nc(-c5ccc(-c6ccccc6C)cc5)nc(-c5cccc6oc7ccccc7c56)n4)cc3)c([2H])c([2H])c([2H])c2c1[2H]. The van der Waals surface area contributed by atoms with Crippen molar-refractivity contribution in [3.05, 3.63) is 163 Å². The highest BCUT2D eigenvalue weighted by Crippen LogP contribution is 2.37. The summed E-state index contributed by atoms with van der Waals surface area (Å²) in [7, 11) is 0. The zero-order chi connectivity index (χ0) is 38.1. The standard InChI is InChI=1S/C44H29N3O/c1-28-10-2-4-13-34(28)30-20-24-32(25-21-30)42-45-43(33-26-22-31(23-27-33)36-16-8-12-29-11-3-5-14-35(29)36)47-44(46-42)38-17-9-19-40-41(38)37-15-6-7-18-39(37)48-40/h2-27H,1H3/i3D,5D,8D,11D,12D,14D,16D. The highest BCUT2D eigenvalue weighted by Gasteiger charge is 2.18. The average molecular weight is 623 g/mol. The Balaban J connectivity index is 1.22. The van der Waals surface area contributed by atoms with Crippen LogP contribution in [0, 0.1) is 6.92 Å². The number of aryl methyl sites for hydroxylation is 1. The maximum atomic E-state index is 8.80. The van der Waals surface area contributed by atoms with Gasteiger partial charge in [-0.25, -0.2) is 15.0 Å². The molecule has 4 heteroatoms. The van der Waals surface area contributed by atoms with Gasteiger partial charge in [0.25, 0.3) is 0 Å². The fourth-order valence-electron chi connectivity index (χ4n) is 6.23. The lowest BCUT2D eigenvalue weighted by molar-refractivity contribution is 0.669. The predicted molar refractivity (Wildman–Crippen MR) is 197 cm³/mol. The van der Waals surface area contributed by atoms with Crippen LogP contribution in [0.4, 0.5) is 0 Å². The molecule has 0 N–H and O–H groups in total. The summed E-state index contributed by atoms with van der Waals surface area (Å²) in [6.07, 6.45) is 0. The summed E-state index contributed by atoms with van der Waals surface area (Å²) in [5, 5.41) is 1.76. The van der Waals surface area contributed by atoms with E-state index in [1.54, 1.807) is 24.3 Å². The van der Waals surface area contributed by atoms with Gasteiger partial charge in [-0.05, 0) is 57.6 Å². The Morgan fingerprint density at radius 2 is 1.04 bits per heavy atom. The molecular formula is C44H29N3O. The van der Waals surface area contributed by atoms with Crippen molar-refractivity contribution >= 4 is 32.7 Å². The molecule has 48 heavy (non-hydrogen) atoms. The second-order valence-corrected chi connectivity index (χ2v) is 11.6. The highest BCUT2D eigenvalue weighted by molar-refractivity contribution is 6.11. The molecule has 0 spiro atoms. The van der Waals surface area contributed by atoms with E-state index in [9.17, 15) is 0 Å². The third kappa shape index (κ3) is 4.83. The Bertz CT molecular complexity index is 3010. The van der Waals surface area contributed by atoms with Crippen LogP contribution < -0.4 is 0 Å². The third-order valence-electron chi connectivity index (χ3n) is 8.62. The van der Waals surface area contributed by atoms with Crippen LogP contribution in [0.5, 0.6) is 0 Å². The largest absolute Gasteiger partial charge is 0.456 e. The fraction of sp³-hybridized carbons (Fsp3) is 0.0227. The molecule has 4 nitrogen and oxygen atoms in total. The summed E-state index contributed by atoms with van der Waals surface area (Å²) < 4.78 is 65.6. The molecule has 0 fully saturated rings. The van der Waals surface area contributed by atoms with Crippen molar-refractivity contribution in [1.82, 2.24) is 15.0 Å². The van der Waals surface area contributed by atoms with Crippen LogP contribution in [0.15, 0.2) is 162 Å². The molecule has 0 atom stereocenters. The Labute approximate surface area is 287 Å². The maximum absolute atomic E-state index is 8.80. The van der Waals surface area contributed by atoms with Gasteiger partial charge in [-0.1, -0.05) is 145 Å². The van der Waals surface area contributed by atoms with Gasteiger partial charge in [-0.15, -0.1) is 0 Å². The molecule has 0 unspecified atom stereocenters. The van der Waals surface area contributed by atoms with Crippen molar-refractivity contribution in [2.24, 2.45) is 0 Å². The van der Waals surface area contributed by atoms with Gasteiger partial charge in [0.1, 0.15) is 11.2 Å². The summed E-state index contributed by atoms with van der Waals surface area (Å²) in [4.78, 5) is 15.0. The molecule has 9 rings (SSSR count). The van der Waals surface area contributed by atoms with E-state index < -0.39 is 30.2 Å². The second kappa shape index (κ2) is 11.4. The molecule has 0 amide bonds. The Kier molecular flexibility index (Phi) is 5.11. The minimum Gasteiger partial charge on any atom is -0.456 e. The number of aromatic nitrogens is 3. The van der Waals surface area contributed by atoms with Crippen LogP contribution in [-0.2, 0) is 0 Å². The normalized spacial score (nSPS) is 13.5. The minimum atomic E-state index is -0.491. The molecule has 2 heterocycles. The zero-order valence-corrected chi connectivity index (χ0v) is 25.7. The van der Waals surface area contributed by atoms with Crippen LogP contribution in [0.2, 0.25) is 0 Å². The first-order chi connectivity index (χ1) is 26.6. The van der Waals surface area contributed by atoms with Crippen molar-refractivity contribution in [3.63, 3.8) is 0 Å². The molecule has 0 aliphatic heterocycles. The van der Waals surface area contributed by atoms with Gasteiger partial charge < -0.3 is 4.42 Å². The zero-order valence-electron chi connectivity index (χ0n) is 32.7. The Morgan fingerprint density at radius 3 is 1.81 bits per heavy atom. The summed E-state index contributed by atoms with van der Waals surface area (Å²) in [5.74, 6) is 1.30. The van der Waals surface area contributed by atoms with Crippen molar-refractivity contribution in [3.8, 4) is 56.4 Å². The van der Waals surface area contributed by atoms with Crippen LogP contribution >= 0.6 is 0 Å². The van der Waals surface area contributed by atoms with E-state index in [-0.39, 0.29) is 28.4 Å². The number of rotatable bonds is 5. The third-order valence-corrected chi connectivity index (χ3v) is 8.62. The molecule has 0 saturated heterocycles. The van der Waals surface area contributed by atoms with Gasteiger partial charge in [0.05, 0.1) is 9.60 Å². The summed E-state index contributed by atoms with van der Waals surface area (Å²) in [6.45, 7) is 2.08. The highest BCUT2D eigenvalue weighted by atomic mass is 16.3. The van der Waals surface area contributed by atoms with E-state index in [0.29, 0.717) is 34.2 Å². The van der Waals surface area contributed by atoms with E-state index in [2.05, 4.69) is 31.2 Å². The molecular weight excluding hydrogens is 587 g/mol. The van der Waals surface area contributed by atoms with Crippen molar-refractivity contribution < 1.29 is 14.0 Å². The van der Waals surface area contributed by atoms with Crippen LogP contribution in [0.1, 0.15) is 15.2 Å². The quantitative estimate of drug-likeness (QED) is 0.192. The molecule has 0 bridgehead atoms. The monoisotopic (exact) mass is 622 g/mol. The first kappa shape index (κ1) is 21.4. The molecule has 0 aliphatic rings. The van der Waals surface area contributed by atoms with Crippen LogP contribution in [0.25, 0.3) is 89.1 Å². The van der Waals surface area contributed by atoms with Gasteiger partial charge >= 0.3 is 0 Å². The molecule has 226 valence electrons. The molecule has 0 radical (unpaired) electrons. The molecule has 0 saturated carbocycles. The number of hydrogen-bond donors (Lipinski definition) is 0. The number of nitrogens with zero attached hydrogens (tertiary/aromatic N) is 3. The van der Waals surface area contributed by atoms with Crippen LogP contribution in [-0.4, -0.2) is 15.0 Å². The van der Waals surface area contributed by atoms with E-state index in [1.165, 1.54) is 5.56 Å². The number of hydrogen-bond acceptors (Lipinski definition) is 4. The molecule has 0 aliphatic carbocycles. The number of para-hydroxylation sites is 1. The van der Waals surface area contributed by atoms with E-state index in [0.717, 1.165) is 38.6 Å². The average Bonchev–Trinajstić information content (AvgIpc) is 3.60. The Morgan fingerprint density at radius 1 is 0.458 bits per heavy atom. The minimum absolute atomic E-state index is 0.0315. The second-order valence-electron chi connectivity index (χ2n) is 11.6. The van der Waals surface area contributed by atoms with Gasteiger partial charge in [0, 0.05) is 27.5 Å². The summed E-state index contributed by atoms with van der Waals surface area (Å²) in [5.41, 5.74) is 7.65. The van der Waals surface area contributed by atoms with Gasteiger partial charge in [-0.2, -0.15) is 0 Å². The maximum Gasteiger partial charge on any atom is 0.164 e. The van der Waals surface area contributed by atoms with Crippen molar-refractivity contribution in [2.75, 3.05) is 0 Å². The first-order valence-electron chi connectivity index (χ1n) is 19.0. The van der Waals surface area contributed by atoms with Crippen molar-refractivity contribution in [1.29, 1.82) is 0 Å². The smallest absolute Gasteiger partial charge is 0.164 e.